The number of hydrogen-bond acceptors (Lipinski definition) is 2. The van der Waals surface area contributed by atoms with E-state index in [1.807, 2.05) is 0 Å². The normalized spacial score (nSPS) is 40.7. The Bertz CT molecular complexity index is 371. The summed E-state index contributed by atoms with van der Waals surface area (Å²) in [5.74, 6) is 2.21. The molecular weight excluding hydrogens is 306 g/mol. The second kappa shape index (κ2) is 5.03. The highest BCUT2D eigenvalue weighted by atomic mass is 79.9. The van der Waals surface area contributed by atoms with Crippen LogP contribution in [0, 0.1) is 17.8 Å². The number of ether oxygens (including phenoxy) is 1. The predicted octanol–water partition coefficient (Wildman–Crippen LogP) is 2.82. The lowest BCUT2D eigenvalue weighted by molar-refractivity contribution is -0.162. The summed E-state index contributed by atoms with van der Waals surface area (Å²) in [5.41, 5.74) is -0.218. The van der Waals surface area contributed by atoms with Gasteiger partial charge in [0, 0.05) is 24.3 Å². The molecule has 2 bridgehead atoms. The van der Waals surface area contributed by atoms with Gasteiger partial charge in [-0.05, 0) is 44.9 Å². The van der Waals surface area contributed by atoms with Crippen LogP contribution in [0.15, 0.2) is 0 Å². The van der Waals surface area contributed by atoms with Crippen molar-refractivity contribution in [2.24, 2.45) is 17.8 Å². The standard InChI is InChI=1S/C15H24BrNO2/c1-15(2)9-17(8-12(7-16)19-15)14(18)13-6-10-3-4-11(13)5-10/h10-13H,3-9H2,1-2H3. The Balaban J connectivity index is 1.69. The largest absolute Gasteiger partial charge is 0.368 e. The molecule has 1 aliphatic heterocycles. The third kappa shape index (κ3) is 2.71. The van der Waals surface area contributed by atoms with Gasteiger partial charge in [-0.1, -0.05) is 22.4 Å². The van der Waals surface area contributed by atoms with Crippen LogP contribution in [0.3, 0.4) is 0 Å². The Kier molecular flexibility index (Phi) is 3.67. The zero-order valence-electron chi connectivity index (χ0n) is 11.9. The molecule has 1 saturated heterocycles. The van der Waals surface area contributed by atoms with E-state index in [0.29, 0.717) is 17.7 Å². The lowest BCUT2D eigenvalue weighted by atomic mass is 9.87. The average Bonchev–Trinajstić information content (AvgIpc) is 2.98. The Morgan fingerprint density at radius 3 is 2.74 bits per heavy atom. The highest BCUT2D eigenvalue weighted by molar-refractivity contribution is 9.09. The van der Waals surface area contributed by atoms with E-state index in [0.717, 1.165) is 30.8 Å². The zero-order chi connectivity index (χ0) is 13.6. The van der Waals surface area contributed by atoms with Crippen molar-refractivity contribution in [1.29, 1.82) is 0 Å². The van der Waals surface area contributed by atoms with Gasteiger partial charge >= 0.3 is 0 Å². The Morgan fingerprint density at radius 2 is 2.16 bits per heavy atom. The molecule has 3 fully saturated rings. The van der Waals surface area contributed by atoms with Gasteiger partial charge < -0.3 is 9.64 Å². The van der Waals surface area contributed by atoms with E-state index in [1.165, 1.54) is 19.3 Å². The summed E-state index contributed by atoms with van der Waals surface area (Å²) in [4.78, 5) is 14.9. The molecule has 3 nitrogen and oxygen atoms in total. The molecule has 0 spiro atoms. The van der Waals surface area contributed by atoms with Gasteiger partial charge in [-0.3, -0.25) is 4.79 Å². The van der Waals surface area contributed by atoms with Crippen molar-refractivity contribution in [1.82, 2.24) is 4.90 Å². The molecule has 0 radical (unpaired) electrons. The Labute approximate surface area is 124 Å². The van der Waals surface area contributed by atoms with E-state index < -0.39 is 0 Å². The first-order chi connectivity index (χ1) is 8.98. The van der Waals surface area contributed by atoms with Crippen molar-refractivity contribution < 1.29 is 9.53 Å². The van der Waals surface area contributed by atoms with Crippen LogP contribution in [-0.2, 0) is 9.53 Å². The van der Waals surface area contributed by atoms with Crippen LogP contribution in [0.1, 0.15) is 39.5 Å². The molecule has 0 aromatic heterocycles. The summed E-state index contributed by atoms with van der Waals surface area (Å²) in [6, 6.07) is 0. The fourth-order valence-corrected chi connectivity index (χ4v) is 4.66. The molecule has 4 atom stereocenters. The van der Waals surface area contributed by atoms with Gasteiger partial charge in [-0.2, -0.15) is 0 Å². The molecule has 4 unspecified atom stereocenters. The van der Waals surface area contributed by atoms with Crippen LogP contribution in [0.5, 0.6) is 0 Å². The number of hydrogen-bond donors (Lipinski definition) is 0. The first-order valence-corrected chi connectivity index (χ1v) is 8.63. The number of carbonyl (C=O) groups is 1. The highest BCUT2D eigenvalue weighted by Crippen LogP contribution is 2.49. The molecule has 3 rings (SSSR count). The molecule has 2 aliphatic carbocycles. The van der Waals surface area contributed by atoms with Gasteiger partial charge in [0.05, 0.1) is 11.7 Å². The maximum Gasteiger partial charge on any atom is 0.226 e. The summed E-state index contributed by atoms with van der Waals surface area (Å²) >= 11 is 3.49. The van der Waals surface area contributed by atoms with E-state index in [1.54, 1.807) is 0 Å². The fraction of sp³-hybridized carbons (Fsp3) is 0.933. The molecule has 19 heavy (non-hydrogen) atoms. The molecular formula is C15H24BrNO2. The minimum Gasteiger partial charge on any atom is -0.368 e. The van der Waals surface area contributed by atoms with Crippen LogP contribution in [-0.4, -0.2) is 40.9 Å². The summed E-state index contributed by atoms with van der Waals surface area (Å²) in [6.45, 7) is 5.66. The Hall–Kier alpha value is -0.0900. The van der Waals surface area contributed by atoms with Crippen LogP contribution < -0.4 is 0 Å². The first kappa shape index (κ1) is 13.9. The number of alkyl halides is 1. The van der Waals surface area contributed by atoms with Crippen molar-refractivity contribution in [3.8, 4) is 0 Å². The smallest absolute Gasteiger partial charge is 0.226 e. The second-order valence-electron chi connectivity index (χ2n) is 7.15. The molecule has 108 valence electrons. The molecule has 1 heterocycles. The summed E-state index contributed by atoms with van der Waals surface area (Å²) in [6.07, 6.45) is 5.20. The minimum absolute atomic E-state index is 0.131. The SMILES string of the molecule is CC1(C)CN(C(=O)C2CC3CCC2C3)CC(CBr)O1. The predicted molar refractivity (Wildman–Crippen MR) is 78.3 cm³/mol. The van der Waals surface area contributed by atoms with Gasteiger partial charge in [0.15, 0.2) is 0 Å². The molecule has 0 N–H and O–H groups in total. The van der Waals surface area contributed by atoms with Crippen molar-refractivity contribution >= 4 is 21.8 Å². The van der Waals surface area contributed by atoms with Gasteiger partial charge in [0.25, 0.3) is 0 Å². The molecule has 4 heteroatoms. The van der Waals surface area contributed by atoms with Gasteiger partial charge in [0.2, 0.25) is 5.91 Å². The molecule has 2 saturated carbocycles. The molecule has 0 aromatic carbocycles. The van der Waals surface area contributed by atoms with Crippen LogP contribution in [0.2, 0.25) is 0 Å². The topological polar surface area (TPSA) is 29.5 Å². The maximum absolute atomic E-state index is 12.8. The van der Waals surface area contributed by atoms with E-state index in [4.69, 9.17) is 4.74 Å². The zero-order valence-corrected chi connectivity index (χ0v) is 13.5. The average molecular weight is 330 g/mol. The highest BCUT2D eigenvalue weighted by Gasteiger charge is 2.46. The number of nitrogens with zero attached hydrogens (tertiary/aromatic N) is 1. The third-order valence-corrected chi connectivity index (χ3v) is 5.74. The van der Waals surface area contributed by atoms with Crippen molar-refractivity contribution in [2.75, 3.05) is 18.4 Å². The van der Waals surface area contributed by atoms with E-state index in [9.17, 15) is 4.79 Å². The molecule has 0 aromatic rings. The van der Waals surface area contributed by atoms with Crippen LogP contribution >= 0.6 is 15.9 Å². The summed E-state index contributed by atoms with van der Waals surface area (Å²) in [7, 11) is 0. The fourth-order valence-electron chi connectivity index (χ4n) is 4.33. The first-order valence-electron chi connectivity index (χ1n) is 7.51. The van der Waals surface area contributed by atoms with Crippen molar-refractivity contribution in [2.45, 2.75) is 51.2 Å². The monoisotopic (exact) mass is 329 g/mol. The molecule has 1 amide bonds. The van der Waals surface area contributed by atoms with E-state index in [2.05, 4.69) is 34.7 Å². The summed E-state index contributed by atoms with van der Waals surface area (Å²) < 4.78 is 5.99. The second-order valence-corrected chi connectivity index (χ2v) is 7.80. The number of amides is 1. The number of carbonyl (C=O) groups excluding carboxylic acids is 1. The van der Waals surface area contributed by atoms with Crippen molar-refractivity contribution in [3.05, 3.63) is 0 Å². The number of halogens is 1. The minimum atomic E-state index is -0.218. The van der Waals surface area contributed by atoms with Crippen LogP contribution in [0.4, 0.5) is 0 Å². The third-order valence-electron chi connectivity index (χ3n) is 5.02. The van der Waals surface area contributed by atoms with Gasteiger partial charge in [0.1, 0.15) is 0 Å². The quantitative estimate of drug-likeness (QED) is 0.729. The summed E-state index contributed by atoms with van der Waals surface area (Å²) in [5, 5.41) is 0.803. The van der Waals surface area contributed by atoms with E-state index >= 15 is 0 Å². The lowest BCUT2D eigenvalue weighted by Gasteiger charge is -2.43. The van der Waals surface area contributed by atoms with Crippen LogP contribution in [0.25, 0.3) is 0 Å². The number of fused-ring (bicyclic) bond motifs is 2. The van der Waals surface area contributed by atoms with Crippen molar-refractivity contribution in [3.63, 3.8) is 0 Å². The molecule has 3 aliphatic rings. The van der Waals surface area contributed by atoms with E-state index in [-0.39, 0.29) is 11.7 Å². The maximum atomic E-state index is 12.8. The lowest BCUT2D eigenvalue weighted by Crippen LogP contribution is -2.56. The Morgan fingerprint density at radius 1 is 1.37 bits per heavy atom. The number of rotatable bonds is 2. The van der Waals surface area contributed by atoms with Gasteiger partial charge in [-0.15, -0.1) is 0 Å². The van der Waals surface area contributed by atoms with Gasteiger partial charge in [-0.25, -0.2) is 0 Å². The number of morpholine rings is 1.